The molecule has 1 aliphatic heterocycles. The fraction of sp³-hybridized carbons (Fsp3) is 0.562. The van der Waals surface area contributed by atoms with Gasteiger partial charge in [0.15, 0.2) is 6.61 Å². The molecule has 141 valence electrons. The van der Waals surface area contributed by atoms with Gasteiger partial charge in [-0.15, -0.1) is 0 Å². The minimum absolute atomic E-state index is 0.0887. The Kier molecular flexibility index (Phi) is 5.39. The molecule has 1 atom stereocenters. The number of benzene rings is 1. The minimum Gasteiger partial charge on any atom is -0.484 e. The van der Waals surface area contributed by atoms with Crippen molar-refractivity contribution in [1.82, 2.24) is 4.31 Å². The Balaban J connectivity index is 2.41. The lowest BCUT2D eigenvalue weighted by Gasteiger charge is -2.31. The first-order valence-corrected chi connectivity index (χ1v) is 9.12. The van der Waals surface area contributed by atoms with Crippen LogP contribution < -0.4 is 4.74 Å². The van der Waals surface area contributed by atoms with E-state index in [2.05, 4.69) is 0 Å². The van der Waals surface area contributed by atoms with E-state index in [0.717, 1.165) is 22.5 Å². The molecule has 25 heavy (non-hydrogen) atoms. The second kappa shape index (κ2) is 6.75. The molecule has 4 nitrogen and oxygen atoms in total. The Labute approximate surface area is 144 Å². The Morgan fingerprint density at radius 1 is 1.24 bits per heavy atom. The third-order valence-corrected chi connectivity index (χ3v) is 6.34. The molecule has 1 aromatic rings. The predicted molar refractivity (Wildman–Crippen MR) is 84.7 cm³/mol. The molecule has 1 heterocycles. The second-order valence-corrected chi connectivity index (χ2v) is 9.41. The van der Waals surface area contributed by atoms with Crippen LogP contribution in [0.5, 0.6) is 5.75 Å². The number of hydrogen-bond acceptors (Lipinski definition) is 3. The molecule has 0 bridgehead atoms. The fourth-order valence-electron chi connectivity index (χ4n) is 2.56. The smallest absolute Gasteiger partial charge is 0.422 e. The van der Waals surface area contributed by atoms with Crippen LogP contribution in [0.15, 0.2) is 18.2 Å². The topological polar surface area (TPSA) is 46.6 Å². The molecule has 1 aromatic carbocycles. The van der Waals surface area contributed by atoms with E-state index < -0.39 is 39.4 Å². The number of alkyl halides is 3. The van der Waals surface area contributed by atoms with Crippen LogP contribution in [0, 0.1) is 12.4 Å². The van der Waals surface area contributed by atoms with Crippen LogP contribution in [0.1, 0.15) is 45.2 Å². The summed E-state index contributed by atoms with van der Waals surface area (Å²) in [6.07, 6.45) is -3.80. The number of rotatable bonds is 4. The van der Waals surface area contributed by atoms with Crippen molar-refractivity contribution in [2.75, 3.05) is 6.61 Å². The van der Waals surface area contributed by atoms with Crippen molar-refractivity contribution in [1.29, 1.82) is 0 Å². The van der Waals surface area contributed by atoms with Gasteiger partial charge >= 0.3 is 6.18 Å². The first-order chi connectivity index (χ1) is 11.3. The van der Waals surface area contributed by atoms with E-state index in [1.807, 2.05) is 0 Å². The standard InChI is InChI=1S/C16H20F4NO3S/c1-15(2,3)25(22,23)21-8-4-5-13(21)12-9-11(17)6-7-14(12)24-10-16(18,19)20/h6-9,13H,4-5,10H2,1-3H3/t13-/m1/s1. The maximum Gasteiger partial charge on any atom is 0.422 e. The molecule has 1 aliphatic rings. The molecule has 0 aliphatic carbocycles. The molecule has 0 amide bonds. The summed E-state index contributed by atoms with van der Waals surface area (Å²) in [6, 6.07) is 2.30. The number of nitrogens with zero attached hydrogens (tertiary/aromatic N) is 1. The van der Waals surface area contributed by atoms with Gasteiger partial charge in [0.2, 0.25) is 10.0 Å². The monoisotopic (exact) mass is 382 g/mol. The summed E-state index contributed by atoms with van der Waals surface area (Å²) in [5.74, 6) is -0.845. The third-order valence-electron chi connectivity index (χ3n) is 3.83. The molecular formula is C16H20F4NO3S. The summed E-state index contributed by atoms with van der Waals surface area (Å²) in [7, 11) is -3.77. The lowest BCUT2D eigenvalue weighted by Crippen LogP contribution is -2.41. The van der Waals surface area contributed by atoms with Gasteiger partial charge in [-0.1, -0.05) is 0 Å². The van der Waals surface area contributed by atoms with E-state index in [0.29, 0.717) is 12.8 Å². The zero-order chi connectivity index (χ0) is 19.0. The van der Waals surface area contributed by atoms with Gasteiger partial charge in [0.1, 0.15) is 11.6 Å². The van der Waals surface area contributed by atoms with Crippen molar-refractivity contribution < 1.29 is 30.7 Å². The van der Waals surface area contributed by atoms with Gasteiger partial charge in [-0.3, -0.25) is 0 Å². The van der Waals surface area contributed by atoms with Crippen molar-refractivity contribution in [2.24, 2.45) is 0 Å². The van der Waals surface area contributed by atoms with Crippen LogP contribution in [-0.2, 0) is 10.0 Å². The summed E-state index contributed by atoms with van der Waals surface area (Å²) in [6.45, 7) is 4.52. The zero-order valence-electron chi connectivity index (χ0n) is 14.1. The maximum atomic E-state index is 13.7. The first kappa shape index (κ1) is 20.0. The number of sulfonamides is 1. The molecule has 0 aromatic heterocycles. The van der Waals surface area contributed by atoms with Crippen LogP contribution in [0.2, 0.25) is 0 Å². The highest BCUT2D eigenvalue weighted by atomic mass is 32.2. The van der Waals surface area contributed by atoms with E-state index in [4.69, 9.17) is 4.74 Å². The summed E-state index contributed by atoms with van der Waals surface area (Å²) < 4.78 is 81.3. The lowest BCUT2D eigenvalue weighted by atomic mass is 10.0. The Hall–Kier alpha value is -1.35. The normalized spacial score (nSPS) is 20.0. The molecule has 1 radical (unpaired) electrons. The minimum atomic E-state index is -4.55. The molecule has 9 heteroatoms. The van der Waals surface area contributed by atoms with Crippen molar-refractivity contribution >= 4 is 10.0 Å². The molecule has 2 rings (SSSR count). The molecule has 0 saturated carbocycles. The van der Waals surface area contributed by atoms with E-state index in [-0.39, 0.29) is 11.3 Å². The van der Waals surface area contributed by atoms with Crippen LogP contribution in [-0.4, -0.2) is 30.3 Å². The Morgan fingerprint density at radius 2 is 1.88 bits per heavy atom. The highest BCUT2D eigenvalue weighted by molar-refractivity contribution is 7.90. The van der Waals surface area contributed by atoms with Crippen LogP contribution in [0.3, 0.4) is 0 Å². The zero-order valence-corrected chi connectivity index (χ0v) is 14.9. The van der Waals surface area contributed by atoms with Crippen molar-refractivity contribution in [3.63, 3.8) is 0 Å². The third kappa shape index (κ3) is 4.44. The summed E-state index contributed by atoms with van der Waals surface area (Å²) in [5.41, 5.74) is 0.0887. The van der Waals surface area contributed by atoms with Gasteiger partial charge < -0.3 is 4.74 Å². The Morgan fingerprint density at radius 3 is 2.44 bits per heavy atom. The van der Waals surface area contributed by atoms with E-state index in [1.54, 1.807) is 0 Å². The number of ether oxygens (including phenoxy) is 1. The maximum absolute atomic E-state index is 13.7. The highest BCUT2D eigenvalue weighted by Crippen LogP contribution is 2.43. The van der Waals surface area contributed by atoms with E-state index >= 15 is 0 Å². The summed E-state index contributed by atoms with van der Waals surface area (Å²) in [5, 5.41) is 0. The molecule has 0 spiro atoms. The molecule has 1 fully saturated rings. The van der Waals surface area contributed by atoms with Gasteiger partial charge in [0.05, 0.1) is 10.8 Å². The van der Waals surface area contributed by atoms with Crippen molar-refractivity contribution in [2.45, 2.75) is 50.6 Å². The van der Waals surface area contributed by atoms with Crippen molar-refractivity contribution in [3.05, 3.63) is 36.1 Å². The van der Waals surface area contributed by atoms with Gasteiger partial charge in [-0.25, -0.2) is 12.8 Å². The van der Waals surface area contributed by atoms with Gasteiger partial charge in [0, 0.05) is 12.1 Å². The van der Waals surface area contributed by atoms with Crippen LogP contribution in [0.25, 0.3) is 0 Å². The summed E-state index contributed by atoms with van der Waals surface area (Å²) in [4.78, 5) is 0. The highest BCUT2D eigenvalue weighted by Gasteiger charge is 2.43. The van der Waals surface area contributed by atoms with Crippen molar-refractivity contribution in [3.8, 4) is 5.75 Å². The molecule has 0 N–H and O–H groups in total. The van der Waals surface area contributed by atoms with E-state index in [9.17, 15) is 26.0 Å². The average Bonchev–Trinajstić information content (AvgIpc) is 2.93. The SMILES string of the molecule is CC(C)(C)S(=O)(=O)N1[CH]CC[C@@H]1c1cc(F)ccc1OCC(F)(F)F. The number of halogens is 4. The lowest BCUT2D eigenvalue weighted by molar-refractivity contribution is -0.153. The fourth-order valence-corrected chi connectivity index (χ4v) is 4.05. The molecule has 0 unspecified atom stereocenters. The number of hydrogen-bond donors (Lipinski definition) is 0. The average molecular weight is 382 g/mol. The van der Waals surface area contributed by atoms with Gasteiger partial charge in [-0.05, 0) is 51.8 Å². The molecular weight excluding hydrogens is 362 g/mol. The largest absolute Gasteiger partial charge is 0.484 e. The van der Waals surface area contributed by atoms with Crippen LogP contribution in [0.4, 0.5) is 17.6 Å². The van der Waals surface area contributed by atoms with Crippen LogP contribution >= 0.6 is 0 Å². The predicted octanol–water partition coefficient (Wildman–Crippen LogP) is 4.19. The quantitative estimate of drug-likeness (QED) is 0.734. The van der Waals surface area contributed by atoms with Gasteiger partial charge in [-0.2, -0.15) is 17.5 Å². The summed E-state index contributed by atoms with van der Waals surface area (Å²) >= 11 is 0. The van der Waals surface area contributed by atoms with Gasteiger partial charge in [0.25, 0.3) is 0 Å². The molecule has 1 saturated heterocycles. The van der Waals surface area contributed by atoms with E-state index in [1.165, 1.54) is 27.3 Å². The second-order valence-electron chi connectivity index (χ2n) is 6.81. The Bertz CT molecular complexity index is 726. The first-order valence-electron chi connectivity index (χ1n) is 7.68.